The number of hydrogen-bond donors (Lipinski definition) is 3. The van der Waals surface area contributed by atoms with Gasteiger partial charge in [-0.15, -0.1) is 0 Å². The fourth-order valence-corrected chi connectivity index (χ4v) is 2.37. The van der Waals surface area contributed by atoms with Crippen molar-refractivity contribution in [3.8, 4) is 0 Å². The molecule has 6 nitrogen and oxygen atoms in total. The fraction of sp³-hybridized carbons (Fsp3) is 0.211. The van der Waals surface area contributed by atoms with Gasteiger partial charge in [-0.05, 0) is 42.2 Å². The van der Waals surface area contributed by atoms with Gasteiger partial charge in [0.05, 0.1) is 11.1 Å². The van der Waals surface area contributed by atoms with E-state index in [0.717, 1.165) is 18.1 Å². The van der Waals surface area contributed by atoms with E-state index in [1.807, 2.05) is 24.3 Å². The third-order valence-electron chi connectivity index (χ3n) is 3.78. The number of carboxylic acid groups (broad SMARTS) is 2. The first-order valence-corrected chi connectivity index (χ1v) is 7.88. The SMILES string of the molecule is CCc1ccc(CCC(=O)Nc2cc(C(=O)O)cc(C(=O)O)c2)cc1. The molecule has 0 aliphatic heterocycles. The second-order valence-electron chi connectivity index (χ2n) is 5.63. The first-order chi connectivity index (χ1) is 11.9. The number of nitrogens with one attached hydrogen (secondary N) is 1. The minimum Gasteiger partial charge on any atom is -0.478 e. The van der Waals surface area contributed by atoms with Gasteiger partial charge in [0.15, 0.2) is 0 Å². The van der Waals surface area contributed by atoms with Crippen molar-refractivity contribution in [3.05, 3.63) is 64.7 Å². The third kappa shape index (κ3) is 5.17. The lowest BCUT2D eigenvalue weighted by atomic mass is 10.1. The van der Waals surface area contributed by atoms with E-state index in [1.54, 1.807) is 0 Å². The van der Waals surface area contributed by atoms with E-state index in [-0.39, 0.29) is 29.1 Å². The predicted octanol–water partition coefficient (Wildman–Crippen LogP) is 3.22. The van der Waals surface area contributed by atoms with Crippen molar-refractivity contribution in [2.75, 3.05) is 5.32 Å². The van der Waals surface area contributed by atoms with Crippen LogP contribution in [0.2, 0.25) is 0 Å². The first-order valence-electron chi connectivity index (χ1n) is 7.88. The van der Waals surface area contributed by atoms with E-state index in [4.69, 9.17) is 10.2 Å². The first kappa shape index (κ1) is 18.2. The fourth-order valence-electron chi connectivity index (χ4n) is 2.37. The lowest BCUT2D eigenvalue weighted by Gasteiger charge is -2.08. The van der Waals surface area contributed by atoms with E-state index >= 15 is 0 Å². The van der Waals surface area contributed by atoms with Gasteiger partial charge in [-0.25, -0.2) is 9.59 Å². The maximum Gasteiger partial charge on any atom is 0.335 e. The average molecular weight is 341 g/mol. The molecule has 0 heterocycles. The van der Waals surface area contributed by atoms with Crippen LogP contribution in [0.1, 0.15) is 45.2 Å². The number of anilines is 1. The lowest BCUT2D eigenvalue weighted by molar-refractivity contribution is -0.116. The van der Waals surface area contributed by atoms with Crippen LogP contribution >= 0.6 is 0 Å². The molecule has 130 valence electrons. The van der Waals surface area contributed by atoms with Crippen LogP contribution in [0, 0.1) is 0 Å². The second-order valence-corrected chi connectivity index (χ2v) is 5.63. The molecule has 0 aromatic heterocycles. The Hall–Kier alpha value is -3.15. The minimum atomic E-state index is -1.25. The molecule has 0 bridgehead atoms. The predicted molar refractivity (Wildman–Crippen MR) is 93.1 cm³/mol. The molecule has 0 atom stereocenters. The van der Waals surface area contributed by atoms with Crippen LogP contribution in [0.15, 0.2) is 42.5 Å². The highest BCUT2D eigenvalue weighted by molar-refractivity contribution is 5.98. The summed E-state index contributed by atoms with van der Waals surface area (Å²) in [4.78, 5) is 34.2. The largest absolute Gasteiger partial charge is 0.478 e. The summed E-state index contributed by atoms with van der Waals surface area (Å²) in [5.74, 6) is -2.82. The van der Waals surface area contributed by atoms with Crippen LogP contribution in [0.4, 0.5) is 5.69 Å². The van der Waals surface area contributed by atoms with Gasteiger partial charge < -0.3 is 15.5 Å². The van der Waals surface area contributed by atoms with Crippen LogP contribution in [0.3, 0.4) is 0 Å². The molecule has 0 saturated carbocycles. The summed E-state index contributed by atoms with van der Waals surface area (Å²) < 4.78 is 0. The van der Waals surface area contributed by atoms with Gasteiger partial charge in [0.2, 0.25) is 5.91 Å². The Balaban J connectivity index is 2.03. The van der Waals surface area contributed by atoms with Crippen LogP contribution in [-0.4, -0.2) is 28.1 Å². The molecule has 0 spiro atoms. The number of aryl methyl sites for hydroxylation is 2. The second kappa shape index (κ2) is 8.10. The zero-order valence-electron chi connectivity index (χ0n) is 13.8. The molecule has 0 fully saturated rings. The maximum absolute atomic E-state index is 12.1. The number of carboxylic acids is 2. The van der Waals surface area contributed by atoms with Gasteiger partial charge in [-0.3, -0.25) is 4.79 Å². The summed E-state index contributed by atoms with van der Waals surface area (Å²) in [5.41, 5.74) is 2.03. The van der Waals surface area contributed by atoms with Crippen molar-refractivity contribution in [1.29, 1.82) is 0 Å². The zero-order chi connectivity index (χ0) is 18.4. The number of benzene rings is 2. The number of carbonyl (C=O) groups excluding carboxylic acids is 1. The molecular weight excluding hydrogens is 322 g/mol. The Morgan fingerprint density at radius 3 is 1.88 bits per heavy atom. The van der Waals surface area contributed by atoms with Crippen molar-refractivity contribution in [2.45, 2.75) is 26.2 Å². The van der Waals surface area contributed by atoms with E-state index < -0.39 is 11.9 Å². The Labute approximate surface area is 145 Å². The van der Waals surface area contributed by atoms with Crippen molar-refractivity contribution in [2.24, 2.45) is 0 Å². The normalized spacial score (nSPS) is 10.3. The number of amides is 1. The highest BCUT2D eigenvalue weighted by Gasteiger charge is 2.13. The van der Waals surface area contributed by atoms with Crippen molar-refractivity contribution >= 4 is 23.5 Å². The van der Waals surface area contributed by atoms with Gasteiger partial charge >= 0.3 is 11.9 Å². The van der Waals surface area contributed by atoms with Crippen LogP contribution in [0.25, 0.3) is 0 Å². The van der Waals surface area contributed by atoms with Crippen molar-refractivity contribution in [3.63, 3.8) is 0 Å². The molecule has 2 aromatic rings. The molecule has 0 aliphatic carbocycles. The molecule has 0 radical (unpaired) electrons. The number of aromatic carboxylic acids is 2. The van der Waals surface area contributed by atoms with Crippen molar-refractivity contribution in [1.82, 2.24) is 0 Å². The molecule has 0 saturated heterocycles. The summed E-state index contributed by atoms with van der Waals surface area (Å²) in [6.07, 6.45) is 1.71. The average Bonchev–Trinajstić information content (AvgIpc) is 2.60. The maximum atomic E-state index is 12.1. The van der Waals surface area contributed by atoms with Gasteiger partial charge in [0, 0.05) is 12.1 Å². The molecule has 0 unspecified atom stereocenters. The standard InChI is InChI=1S/C19H19NO5/c1-2-12-3-5-13(6-4-12)7-8-17(21)20-16-10-14(18(22)23)9-15(11-16)19(24)25/h3-6,9-11H,2,7-8H2,1H3,(H,20,21)(H,22,23)(H,24,25). The topological polar surface area (TPSA) is 104 Å². The molecular formula is C19H19NO5. The van der Waals surface area contributed by atoms with Crippen molar-refractivity contribution < 1.29 is 24.6 Å². The van der Waals surface area contributed by atoms with E-state index in [0.29, 0.717) is 6.42 Å². The Morgan fingerprint density at radius 2 is 1.40 bits per heavy atom. The molecule has 1 amide bonds. The van der Waals surface area contributed by atoms with Crippen LogP contribution < -0.4 is 5.32 Å². The molecule has 0 aliphatic rings. The summed E-state index contributed by atoms with van der Waals surface area (Å²) >= 11 is 0. The van der Waals surface area contributed by atoms with Gasteiger partial charge in [-0.1, -0.05) is 31.2 Å². The van der Waals surface area contributed by atoms with E-state index in [9.17, 15) is 14.4 Å². The molecule has 2 aromatic carbocycles. The van der Waals surface area contributed by atoms with Crippen LogP contribution in [-0.2, 0) is 17.6 Å². The zero-order valence-corrected chi connectivity index (χ0v) is 13.8. The van der Waals surface area contributed by atoms with E-state index in [2.05, 4.69) is 12.2 Å². The Kier molecular flexibility index (Phi) is 5.89. The summed E-state index contributed by atoms with van der Waals surface area (Å²) in [5, 5.41) is 20.6. The van der Waals surface area contributed by atoms with Crippen LogP contribution in [0.5, 0.6) is 0 Å². The minimum absolute atomic E-state index is 0.156. The molecule has 3 N–H and O–H groups in total. The Bertz CT molecular complexity index is 764. The van der Waals surface area contributed by atoms with E-state index in [1.165, 1.54) is 17.7 Å². The van der Waals surface area contributed by atoms with Gasteiger partial charge in [-0.2, -0.15) is 0 Å². The number of hydrogen-bond acceptors (Lipinski definition) is 3. The highest BCUT2D eigenvalue weighted by atomic mass is 16.4. The van der Waals surface area contributed by atoms with Gasteiger partial charge in [0.25, 0.3) is 0 Å². The summed E-state index contributed by atoms with van der Waals surface area (Å²) in [6, 6.07) is 11.5. The van der Waals surface area contributed by atoms with Gasteiger partial charge in [0.1, 0.15) is 0 Å². The molecule has 2 rings (SSSR count). The molecule has 25 heavy (non-hydrogen) atoms. The Morgan fingerprint density at radius 1 is 0.880 bits per heavy atom. The number of rotatable bonds is 7. The lowest BCUT2D eigenvalue weighted by Crippen LogP contribution is -2.14. The quantitative estimate of drug-likeness (QED) is 0.717. The monoisotopic (exact) mass is 341 g/mol. The summed E-state index contributed by atoms with van der Waals surface area (Å²) in [6.45, 7) is 2.07. The third-order valence-corrected chi connectivity index (χ3v) is 3.78. The summed E-state index contributed by atoms with van der Waals surface area (Å²) in [7, 11) is 0. The highest BCUT2D eigenvalue weighted by Crippen LogP contribution is 2.16. The number of carbonyl (C=O) groups is 3. The smallest absolute Gasteiger partial charge is 0.335 e. The molecule has 6 heteroatoms.